The number of hydrogen-bond donors (Lipinski definition) is 3. The van der Waals surface area contributed by atoms with Gasteiger partial charge in [-0.25, -0.2) is 9.36 Å². The zero-order valence-electron chi connectivity index (χ0n) is 10.6. The minimum absolute atomic E-state index is 0.136. The molecule has 1 unspecified atom stereocenters. The van der Waals surface area contributed by atoms with Gasteiger partial charge >= 0.3 is 17.5 Å². The fourth-order valence-corrected chi connectivity index (χ4v) is 1.56. The summed E-state index contributed by atoms with van der Waals surface area (Å²) in [6, 6.07) is -2.64. The second-order valence-corrected chi connectivity index (χ2v) is 4.36. The zero-order valence-corrected chi connectivity index (χ0v) is 11.4. The lowest BCUT2D eigenvalue weighted by atomic mass is 10.0. The van der Waals surface area contributed by atoms with Crippen LogP contribution >= 0.6 is 11.6 Å². The monoisotopic (exact) mass is 338 g/mol. The number of carbonyl (C=O) groups is 1. The van der Waals surface area contributed by atoms with Crippen LogP contribution in [0.5, 0.6) is 0 Å². The van der Waals surface area contributed by atoms with Crippen molar-refractivity contribution in [3.05, 3.63) is 32.1 Å². The molecule has 0 aliphatic carbocycles. The lowest BCUT2D eigenvalue weighted by Crippen LogP contribution is -2.52. The number of carbonyl (C=O) groups excluding carboxylic acids is 1. The number of rotatable bonds is 5. The van der Waals surface area contributed by atoms with E-state index < -0.39 is 47.1 Å². The topological polar surface area (TPSA) is 167 Å². The Kier molecular flexibility index (Phi) is 5.38. The zero-order chi connectivity index (χ0) is 17.1. The standard InChI is InChI=1S/C9H9ClF2N6O4/c10-3-1-18(8(22)15-6(3)13)7(21)9(11,12)5(16-17-14)4(20)2-19/h1,4-5,19-20H,2H2,(H2,13,15,22)/t4-,5?/m1/s1. The highest BCUT2D eigenvalue weighted by molar-refractivity contribution is 6.32. The Bertz CT molecular complexity index is 689. The normalized spacial score (nSPS) is 14.0. The molecule has 4 N–H and O–H groups in total. The van der Waals surface area contributed by atoms with Crippen LogP contribution in [0.1, 0.15) is 4.79 Å². The summed E-state index contributed by atoms with van der Waals surface area (Å²) in [6.07, 6.45) is -1.72. The highest BCUT2D eigenvalue weighted by Gasteiger charge is 2.51. The fourth-order valence-electron chi connectivity index (χ4n) is 1.42. The lowest BCUT2D eigenvalue weighted by Gasteiger charge is -2.25. The predicted octanol–water partition coefficient (Wildman–Crippen LogP) is -0.213. The smallest absolute Gasteiger partial charge is 0.356 e. The van der Waals surface area contributed by atoms with Crippen molar-refractivity contribution in [2.45, 2.75) is 18.1 Å². The molecule has 13 heteroatoms. The van der Waals surface area contributed by atoms with Gasteiger partial charge in [0.15, 0.2) is 0 Å². The van der Waals surface area contributed by atoms with Crippen LogP contribution in [0.4, 0.5) is 14.6 Å². The molecule has 0 saturated carbocycles. The third-order valence-electron chi connectivity index (χ3n) is 2.51. The number of aliphatic hydroxyl groups excluding tert-OH is 2. The summed E-state index contributed by atoms with van der Waals surface area (Å²) in [4.78, 5) is 28.4. The maximum Gasteiger partial charge on any atom is 0.356 e. The molecule has 2 atom stereocenters. The van der Waals surface area contributed by atoms with Gasteiger partial charge in [0.05, 0.1) is 17.7 Å². The molecule has 0 saturated heterocycles. The molecular weight excluding hydrogens is 330 g/mol. The van der Waals surface area contributed by atoms with Gasteiger partial charge in [-0.3, -0.25) is 4.79 Å². The summed E-state index contributed by atoms with van der Waals surface area (Å²) < 4.78 is 28.0. The summed E-state index contributed by atoms with van der Waals surface area (Å²) >= 11 is 5.49. The third kappa shape index (κ3) is 3.31. The Morgan fingerprint density at radius 3 is 2.77 bits per heavy atom. The predicted molar refractivity (Wildman–Crippen MR) is 69.5 cm³/mol. The van der Waals surface area contributed by atoms with Crippen molar-refractivity contribution in [1.82, 2.24) is 9.55 Å². The number of nitrogens with two attached hydrogens (primary N) is 1. The molecular formula is C9H9ClF2N6O4. The molecule has 1 aromatic rings. The van der Waals surface area contributed by atoms with Gasteiger partial charge in [0.1, 0.15) is 11.9 Å². The molecule has 0 bridgehead atoms. The van der Waals surface area contributed by atoms with Crippen LogP contribution < -0.4 is 11.4 Å². The van der Waals surface area contributed by atoms with Crippen LogP contribution in [0.15, 0.2) is 16.1 Å². The van der Waals surface area contributed by atoms with E-state index >= 15 is 0 Å². The molecule has 0 spiro atoms. The van der Waals surface area contributed by atoms with E-state index in [1.54, 1.807) is 0 Å². The van der Waals surface area contributed by atoms with E-state index in [9.17, 15) is 23.5 Å². The second kappa shape index (κ2) is 6.66. The van der Waals surface area contributed by atoms with Gasteiger partial charge in [-0.2, -0.15) is 13.8 Å². The summed E-state index contributed by atoms with van der Waals surface area (Å²) in [5.74, 6) is -7.14. The molecule has 22 heavy (non-hydrogen) atoms. The van der Waals surface area contributed by atoms with E-state index in [0.717, 1.165) is 0 Å². The Balaban J connectivity index is 3.38. The van der Waals surface area contributed by atoms with Gasteiger partial charge in [0, 0.05) is 11.1 Å². The Morgan fingerprint density at radius 2 is 2.27 bits per heavy atom. The molecule has 1 heterocycles. The summed E-state index contributed by atoms with van der Waals surface area (Å²) in [5.41, 5.74) is 12.0. The minimum atomic E-state index is -4.51. The van der Waals surface area contributed by atoms with Crippen molar-refractivity contribution in [3.8, 4) is 0 Å². The molecule has 0 aliphatic rings. The number of hydrogen-bond acceptors (Lipinski definition) is 7. The van der Waals surface area contributed by atoms with E-state index in [0.29, 0.717) is 6.20 Å². The van der Waals surface area contributed by atoms with Gasteiger partial charge in [-0.15, -0.1) is 0 Å². The average molecular weight is 339 g/mol. The van der Waals surface area contributed by atoms with Crippen LogP contribution in [0.2, 0.25) is 5.02 Å². The van der Waals surface area contributed by atoms with Gasteiger partial charge in [0.25, 0.3) is 0 Å². The summed E-state index contributed by atoms with van der Waals surface area (Å²) in [6.45, 7) is -1.21. The van der Waals surface area contributed by atoms with E-state index in [1.165, 1.54) is 0 Å². The molecule has 0 aromatic carbocycles. The van der Waals surface area contributed by atoms with E-state index in [1.807, 2.05) is 0 Å². The SMILES string of the molecule is [N-]=[N+]=NC([C@H](O)CO)C(F)(F)C(=O)n1cc(Cl)c(N)nc1=O. The Morgan fingerprint density at radius 1 is 1.68 bits per heavy atom. The van der Waals surface area contributed by atoms with Crippen molar-refractivity contribution >= 4 is 23.3 Å². The first-order valence-electron chi connectivity index (χ1n) is 5.47. The van der Waals surface area contributed by atoms with Crippen molar-refractivity contribution < 1.29 is 23.8 Å². The van der Waals surface area contributed by atoms with E-state index in [2.05, 4.69) is 15.0 Å². The molecule has 10 nitrogen and oxygen atoms in total. The van der Waals surface area contributed by atoms with Gasteiger partial charge in [-0.05, 0) is 5.53 Å². The number of nitrogens with zero attached hydrogens (tertiary/aromatic N) is 5. The van der Waals surface area contributed by atoms with Crippen molar-refractivity contribution in [2.24, 2.45) is 5.11 Å². The molecule has 0 aliphatic heterocycles. The first-order chi connectivity index (χ1) is 10.2. The molecule has 1 rings (SSSR count). The molecule has 1 aromatic heterocycles. The summed E-state index contributed by atoms with van der Waals surface area (Å²) in [5, 5.41) is 20.1. The number of anilines is 1. The van der Waals surface area contributed by atoms with Crippen molar-refractivity contribution in [3.63, 3.8) is 0 Å². The molecule has 0 amide bonds. The van der Waals surface area contributed by atoms with E-state index in [-0.39, 0.29) is 4.57 Å². The largest absolute Gasteiger partial charge is 0.394 e. The van der Waals surface area contributed by atoms with Crippen LogP contribution in [-0.4, -0.2) is 50.3 Å². The quantitative estimate of drug-likeness (QED) is 0.381. The Labute approximate surface area is 125 Å². The van der Waals surface area contributed by atoms with Crippen LogP contribution in [0, 0.1) is 0 Å². The van der Waals surface area contributed by atoms with Crippen LogP contribution in [0.25, 0.3) is 10.4 Å². The molecule has 120 valence electrons. The second-order valence-electron chi connectivity index (χ2n) is 3.95. The van der Waals surface area contributed by atoms with Crippen molar-refractivity contribution in [2.75, 3.05) is 12.3 Å². The third-order valence-corrected chi connectivity index (χ3v) is 2.80. The number of aromatic nitrogens is 2. The first-order valence-corrected chi connectivity index (χ1v) is 5.85. The summed E-state index contributed by atoms with van der Waals surface area (Å²) in [7, 11) is 0. The number of aliphatic hydroxyl groups is 2. The van der Waals surface area contributed by atoms with E-state index in [4.69, 9.17) is 28.0 Å². The van der Waals surface area contributed by atoms with Gasteiger partial charge in [0.2, 0.25) is 0 Å². The van der Waals surface area contributed by atoms with Crippen molar-refractivity contribution in [1.29, 1.82) is 0 Å². The van der Waals surface area contributed by atoms with Gasteiger partial charge in [-0.1, -0.05) is 16.7 Å². The Hall–Kier alpha value is -2.27. The van der Waals surface area contributed by atoms with Gasteiger partial charge < -0.3 is 15.9 Å². The first kappa shape index (κ1) is 17.8. The highest BCUT2D eigenvalue weighted by atomic mass is 35.5. The lowest BCUT2D eigenvalue weighted by molar-refractivity contribution is -0.0572. The fraction of sp³-hybridized carbons (Fsp3) is 0.444. The molecule has 0 fully saturated rings. The number of alkyl halides is 2. The maximum absolute atomic E-state index is 14.1. The highest BCUT2D eigenvalue weighted by Crippen LogP contribution is 2.27. The van der Waals surface area contributed by atoms with Crippen LogP contribution in [-0.2, 0) is 0 Å². The number of nitrogen functional groups attached to an aromatic ring is 1. The maximum atomic E-state index is 14.1. The number of azide groups is 1. The molecule has 0 radical (unpaired) electrons. The minimum Gasteiger partial charge on any atom is -0.394 e. The van der Waals surface area contributed by atoms with Crippen LogP contribution in [0.3, 0.4) is 0 Å². The number of halogens is 3. The average Bonchev–Trinajstić information content (AvgIpc) is 2.46.